The van der Waals surface area contributed by atoms with Gasteiger partial charge in [0.1, 0.15) is 17.3 Å². The number of benzene rings is 1. The molecule has 1 N–H and O–H groups in total. The number of para-hydroxylation sites is 1. The van der Waals surface area contributed by atoms with Gasteiger partial charge in [-0.15, -0.1) is 0 Å². The Morgan fingerprint density at radius 3 is 2.63 bits per heavy atom. The molecule has 3 heterocycles. The Balaban J connectivity index is 1.58. The molecule has 7 nitrogen and oxygen atoms in total. The smallest absolute Gasteiger partial charge is 0.322 e. The van der Waals surface area contributed by atoms with Gasteiger partial charge in [-0.2, -0.15) is 4.98 Å². The van der Waals surface area contributed by atoms with E-state index in [-0.39, 0.29) is 11.3 Å². The fraction of sp³-hybridized carbons (Fsp3) is 0.500. The van der Waals surface area contributed by atoms with Crippen LogP contribution in [-0.4, -0.2) is 47.4 Å². The van der Waals surface area contributed by atoms with Gasteiger partial charge in [-0.25, -0.2) is 13.6 Å². The molecule has 4 rings (SSSR count). The Bertz CT molecular complexity index is 831. The number of ether oxygens (including phenoxy) is 1. The number of halogens is 2. The van der Waals surface area contributed by atoms with Crippen LogP contribution in [-0.2, 0) is 4.74 Å². The average molecular weight is 378 g/mol. The summed E-state index contributed by atoms with van der Waals surface area (Å²) in [4.78, 5) is 18.6. The maximum absolute atomic E-state index is 13.9. The number of hydrogen-bond donors (Lipinski definition) is 1. The van der Waals surface area contributed by atoms with Gasteiger partial charge in [0.25, 0.3) is 0 Å². The fourth-order valence-corrected chi connectivity index (χ4v) is 4.01. The number of amides is 2. The number of hydrogen-bond acceptors (Lipinski definition) is 5. The predicted molar refractivity (Wildman–Crippen MR) is 91.2 cm³/mol. The zero-order chi connectivity index (χ0) is 19.0. The minimum atomic E-state index is -0.813. The van der Waals surface area contributed by atoms with Gasteiger partial charge in [-0.05, 0) is 31.9 Å². The average Bonchev–Trinajstić information content (AvgIpc) is 3.23. The summed E-state index contributed by atoms with van der Waals surface area (Å²) < 4.78 is 38.6. The SMILES string of the molecule is Cc1noc([C@@H]2CN(C(=O)Nc3c(F)cccc3F)CC23CCOCC3)n1. The number of carbonyl (C=O) groups is 1. The molecule has 0 bridgehead atoms. The minimum Gasteiger partial charge on any atom is -0.381 e. The fourth-order valence-electron chi connectivity index (χ4n) is 4.01. The Morgan fingerprint density at radius 2 is 2.00 bits per heavy atom. The quantitative estimate of drug-likeness (QED) is 0.869. The van der Waals surface area contributed by atoms with Crippen molar-refractivity contribution in [2.75, 3.05) is 31.6 Å². The van der Waals surface area contributed by atoms with E-state index >= 15 is 0 Å². The van der Waals surface area contributed by atoms with Crippen LogP contribution in [0.25, 0.3) is 0 Å². The summed E-state index contributed by atoms with van der Waals surface area (Å²) in [7, 11) is 0. The summed E-state index contributed by atoms with van der Waals surface area (Å²) >= 11 is 0. The third-order valence-corrected chi connectivity index (χ3v) is 5.46. The van der Waals surface area contributed by atoms with Crippen molar-refractivity contribution in [3.63, 3.8) is 0 Å². The van der Waals surface area contributed by atoms with E-state index < -0.39 is 23.4 Å². The van der Waals surface area contributed by atoms with Crippen molar-refractivity contribution in [2.24, 2.45) is 5.41 Å². The van der Waals surface area contributed by atoms with Crippen molar-refractivity contribution in [2.45, 2.75) is 25.7 Å². The molecule has 2 aliphatic rings. The van der Waals surface area contributed by atoms with Crippen LogP contribution in [0.5, 0.6) is 0 Å². The van der Waals surface area contributed by atoms with Gasteiger partial charge >= 0.3 is 6.03 Å². The summed E-state index contributed by atoms with van der Waals surface area (Å²) in [5.74, 6) is -0.746. The standard InChI is InChI=1S/C18H20F2N4O3/c1-11-21-16(27-23-11)12-9-24(10-18(12)5-7-26-8-6-18)17(25)22-15-13(19)3-2-4-14(15)20/h2-4,12H,5-10H2,1H3,(H,22,25)/t12-/m0/s1. The van der Waals surface area contributed by atoms with Gasteiger partial charge in [0.2, 0.25) is 5.89 Å². The molecule has 2 fully saturated rings. The Kier molecular flexibility index (Phi) is 4.55. The highest BCUT2D eigenvalue weighted by atomic mass is 19.1. The second-order valence-corrected chi connectivity index (χ2v) is 7.11. The molecule has 144 valence electrons. The molecule has 27 heavy (non-hydrogen) atoms. The van der Waals surface area contributed by atoms with Crippen LogP contribution < -0.4 is 5.32 Å². The summed E-state index contributed by atoms with van der Waals surface area (Å²) in [5, 5.41) is 6.22. The van der Waals surface area contributed by atoms with Gasteiger partial charge in [0.15, 0.2) is 5.82 Å². The number of aryl methyl sites for hydroxylation is 1. The second kappa shape index (κ2) is 6.88. The topological polar surface area (TPSA) is 80.5 Å². The van der Waals surface area contributed by atoms with E-state index in [2.05, 4.69) is 15.5 Å². The van der Waals surface area contributed by atoms with Crippen molar-refractivity contribution in [3.8, 4) is 0 Å². The highest BCUT2D eigenvalue weighted by Gasteiger charge is 2.51. The van der Waals surface area contributed by atoms with E-state index in [1.807, 2.05) is 0 Å². The number of nitrogens with one attached hydrogen (secondary N) is 1. The molecular weight excluding hydrogens is 358 g/mol. The lowest BCUT2D eigenvalue weighted by Gasteiger charge is -2.36. The molecule has 2 saturated heterocycles. The Morgan fingerprint density at radius 1 is 1.30 bits per heavy atom. The molecule has 0 aliphatic carbocycles. The number of aromatic nitrogens is 2. The maximum atomic E-state index is 13.9. The summed E-state index contributed by atoms with van der Waals surface area (Å²) in [6.07, 6.45) is 1.49. The third kappa shape index (κ3) is 3.27. The van der Waals surface area contributed by atoms with E-state index in [1.54, 1.807) is 11.8 Å². The molecule has 1 aromatic heterocycles. The van der Waals surface area contributed by atoms with Gasteiger partial charge < -0.3 is 19.5 Å². The van der Waals surface area contributed by atoms with Crippen LogP contribution in [0.1, 0.15) is 30.5 Å². The maximum Gasteiger partial charge on any atom is 0.322 e. The van der Waals surface area contributed by atoms with E-state index in [0.717, 1.165) is 25.0 Å². The second-order valence-electron chi connectivity index (χ2n) is 7.11. The van der Waals surface area contributed by atoms with E-state index in [9.17, 15) is 13.6 Å². The van der Waals surface area contributed by atoms with Crippen LogP contribution in [0.3, 0.4) is 0 Å². The van der Waals surface area contributed by atoms with Crippen LogP contribution in [0.2, 0.25) is 0 Å². The zero-order valence-electron chi connectivity index (χ0n) is 14.9. The summed E-state index contributed by atoms with van der Waals surface area (Å²) in [6, 6.07) is 2.91. The number of anilines is 1. The first-order chi connectivity index (χ1) is 13.0. The van der Waals surface area contributed by atoms with Crippen LogP contribution in [0, 0.1) is 24.0 Å². The lowest BCUT2D eigenvalue weighted by atomic mass is 9.72. The summed E-state index contributed by atoms with van der Waals surface area (Å²) in [6.45, 7) is 3.68. The monoisotopic (exact) mass is 378 g/mol. The minimum absolute atomic E-state index is 0.140. The largest absolute Gasteiger partial charge is 0.381 e. The number of nitrogens with zero attached hydrogens (tertiary/aromatic N) is 3. The van der Waals surface area contributed by atoms with Crippen LogP contribution in [0.15, 0.2) is 22.7 Å². The molecular formula is C18H20F2N4O3. The molecule has 2 aliphatic heterocycles. The molecule has 9 heteroatoms. The molecule has 1 spiro atoms. The number of carbonyl (C=O) groups excluding carboxylic acids is 1. The molecule has 2 aromatic rings. The van der Waals surface area contributed by atoms with E-state index in [4.69, 9.17) is 9.26 Å². The number of likely N-dealkylation sites (tertiary alicyclic amines) is 1. The van der Waals surface area contributed by atoms with Crippen molar-refractivity contribution in [1.29, 1.82) is 0 Å². The lowest BCUT2D eigenvalue weighted by molar-refractivity contribution is 0.00959. The van der Waals surface area contributed by atoms with E-state index in [1.165, 1.54) is 6.07 Å². The van der Waals surface area contributed by atoms with Crippen molar-refractivity contribution in [1.82, 2.24) is 15.0 Å². The molecule has 0 radical (unpaired) electrons. The first-order valence-corrected chi connectivity index (χ1v) is 8.86. The lowest BCUT2D eigenvalue weighted by Crippen LogP contribution is -2.38. The first kappa shape index (κ1) is 17.8. The normalized spacial score (nSPS) is 21.6. The van der Waals surface area contributed by atoms with Crippen molar-refractivity contribution in [3.05, 3.63) is 41.5 Å². The predicted octanol–water partition coefficient (Wildman–Crippen LogP) is 3.08. The van der Waals surface area contributed by atoms with Crippen LogP contribution >= 0.6 is 0 Å². The summed E-state index contributed by atoms with van der Waals surface area (Å²) in [5.41, 5.74) is -0.692. The molecule has 1 atom stereocenters. The van der Waals surface area contributed by atoms with Gasteiger partial charge in [-0.1, -0.05) is 11.2 Å². The van der Waals surface area contributed by atoms with Gasteiger partial charge in [0, 0.05) is 31.7 Å². The zero-order valence-corrected chi connectivity index (χ0v) is 14.9. The Hall–Kier alpha value is -2.55. The molecule has 0 unspecified atom stereocenters. The Labute approximate surface area is 154 Å². The highest BCUT2D eigenvalue weighted by molar-refractivity contribution is 5.90. The molecule has 2 amide bonds. The van der Waals surface area contributed by atoms with E-state index in [0.29, 0.717) is 38.0 Å². The molecule has 1 aromatic carbocycles. The number of urea groups is 1. The molecule has 0 saturated carbocycles. The first-order valence-electron chi connectivity index (χ1n) is 8.86. The van der Waals surface area contributed by atoms with Crippen molar-refractivity contribution < 1.29 is 22.8 Å². The van der Waals surface area contributed by atoms with Crippen molar-refractivity contribution >= 4 is 11.7 Å². The van der Waals surface area contributed by atoms with Crippen LogP contribution in [0.4, 0.5) is 19.3 Å². The van der Waals surface area contributed by atoms with Gasteiger partial charge in [-0.3, -0.25) is 0 Å². The highest BCUT2D eigenvalue weighted by Crippen LogP contribution is 2.49. The third-order valence-electron chi connectivity index (χ3n) is 5.46. The number of rotatable bonds is 2. The van der Waals surface area contributed by atoms with Gasteiger partial charge in [0.05, 0.1) is 5.92 Å².